The first kappa shape index (κ1) is 23.4. The van der Waals surface area contributed by atoms with Gasteiger partial charge in [0.25, 0.3) is 0 Å². The van der Waals surface area contributed by atoms with Crippen LogP contribution in [0.5, 0.6) is 5.75 Å². The van der Waals surface area contributed by atoms with Crippen molar-refractivity contribution in [3.8, 4) is 17.0 Å². The molecule has 5 heteroatoms. The van der Waals surface area contributed by atoms with Crippen molar-refractivity contribution in [1.82, 2.24) is 9.55 Å². The van der Waals surface area contributed by atoms with Crippen LogP contribution in [0.3, 0.4) is 0 Å². The Morgan fingerprint density at radius 3 is 2.41 bits per heavy atom. The number of carbonyl (C=O) groups excluding carboxylic acids is 2. The molecule has 0 unspecified atom stereocenters. The average molecular weight is 455 g/mol. The van der Waals surface area contributed by atoms with Crippen LogP contribution in [-0.2, 0) is 17.8 Å². The molecule has 0 aliphatic carbocycles. The summed E-state index contributed by atoms with van der Waals surface area (Å²) in [5.74, 6) is 0.846. The van der Waals surface area contributed by atoms with E-state index in [-0.39, 0.29) is 18.1 Å². The van der Waals surface area contributed by atoms with Gasteiger partial charge in [-0.05, 0) is 30.2 Å². The summed E-state index contributed by atoms with van der Waals surface area (Å²) in [5.41, 5.74) is 4.00. The summed E-state index contributed by atoms with van der Waals surface area (Å²) in [6.07, 6.45) is 4.62. The number of Topliss-reactive ketones (excluding diaryl/α,β-unsaturated/α-hetero) is 2. The van der Waals surface area contributed by atoms with E-state index in [0.717, 1.165) is 27.7 Å². The van der Waals surface area contributed by atoms with Crippen LogP contribution in [0.4, 0.5) is 0 Å². The Morgan fingerprint density at radius 1 is 1.00 bits per heavy atom. The maximum absolute atomic E-state index is 13.2. The van der Waals surface area contributed by atoms with Gasteiger partial charge in [-0.1, -0.05) is 57.2 Å². The summed E-state index contributed by atoms with van der Waals surface area (Å²) >= 11 is 0. The molecule has 4 aromatic rings. The molecular formula is C29H30N2O3. The number of pyridine rings is 1. The molecule has 0 fully saturated rings. The highest BCUT2D eigenvalue weighted by Gasteiger charge is 2.23. The Morgan fingerprint density at radius 2 is 1.76 bits per heavy atom. The first-order chi connectivity index (χ1) is 16.3. The molecule has 174 valence electrons. The minimum Gasteiger partial charge on any atom is -0.497 e. The standard InChI is InChI=1S/C29H30N2O3/c1-29(2,3)28(33)19-31-18-24(23-13-12-22(34-4)16-26(23)31)27(32)15-11-20-10-14-25(30-17-20)21-8-6-5-7-9-21/h5-10,12-14,16-18H,11,15,19H2,1-4H3. The SMILES string of the molecule is COc1ccc2c(C(=O)CCc3ccc(-c4ccccc4)nc3)cn(CC(=O)C(C)(C)C)c2c1. The molecule has 0 amide bonds. The van der Waals surface area contributed by atoms with Crippen LogP contribution in [0.2, 0.25) is 0 Å². The fraction of sp³-hybridized carbons (Fsp3) is 0.276. The Labute approximate surface area is 200 Å². The van der Waals surface area contributed by atoms with Crippen LogP contribution in [0, 0.1) is 5.41 Å². The van der Waals surface area contributed by atoms with Crippen LogP contribution in [0.15, 0.2) is 73.1 Å². The number of ketones is 2. The highest BCUT2D eigenvalue weighted by atomic mass is 16.5. The van der Waals surface area contributed by atoms with Gasteiger partial charge in [0.15, 0.2) is 11.6 Å². The topological polar surface area (TPSA) is 61.2 Å². The quantitative estimate of drug-likeness (QED) is 0.300. The average Bonchev–Trinajstić information content (AvgIpc) is 3.20. The van der Waals surface area contributed by atoms with Gasteiger partial charge in [0, 0.05) is 46.8 Å². The van der Waals surface area contributed by atoms with Crippen LogP contribution in [0.1, 0.15) is 43.1 Å². The summed E-state index contributed by atoms with van der Waals surface area (Å²) in [6, 6.07) is 19.7. The predicted octanol–water partition coefficient (Wildman–Crippen LogP) is 6.14. The fourth-order valence-corrected chi connectivity index (χ4v) is 3.89. The molecular weight excluding hydrogens is 424 g/mol. The van der Waals surface area contributed by atoms with Crippen molar-refractivity contribution in [2.24, 2.45) is 5.41 Å². The lowest BCUT2D eigenvalue weighted by Crippen LogP contribution is -2.24. The summed E-state index contributed by atoms with van der Waals surface area (Å²) in [7, 11) is 1.61. The first-order valence-corrected chi connectivity index (χ1v) is 11.5. The number of aryl methyl sites for hydroxylation is 1. The van der Waals surface area contributed by atoms with Crippen LogP contribution < -0.4 is 4.74 Å². The third kappa shape index (κ3) is 5.09. The van der Waals surface area contributed by atoms with E-state index in [1.54, 1.807) is 7.11 Å². The van der Waals surface area contributed by atoms with E-state index < -0.39 is 5.41 Å². The van der Waals surface area contributed by atoms with Gasteiger partial charge in [-0.15, -0.1) is 0 Å². The van der Waals surface area contributed by atoms with Gasteiger partial charge in [0.05, 0.1) is 24.9 Å². The van der Waals surface area contributed by atoms with Crippen molar-refractivity contribution in [3.63, 3.8) is 0 Å². The zero-order valence-corrected chi connectivity index (χ0v) is 20.2. The number of hydrogen-bond donors (Lipinski definition) is 0. The molecule has 2 heterocycles. The van der Waals surface area contributed by atoms with Crippen molar-refractivity contribution < 1.29 is 14.3 Å². The van der Waals surface area contributed by atoms with Gasteiger partial charge in [0.2, 0.25) is 0 Å². The van der Waals surface area contributed by atoms with E-state index in [1.165, 1.54) is 0 Å². The van der Waals surface area contributed by atoms with Crippen molar-refractivity contribution in [2.45, 2.75) is 40.2 Å². The minimum atomic E-state index is -0.460. The zero-order chi connectivity index (χ0) is 24.3. The first-order valence-electron chi connectivity index (χ1n) is 11.5. The highest BCUT2D eigenvalue weighted by Crippen LogP contribution is 2.28. The lowest BCUT2D eigenvalue weighted by atomic mass is 9.91. The Hall–Kier alpha value is -3.73. The molecule has 34 heavy (non-hydrogen) atoms. The molecule has 4 rings (SSSR count). The molecule has 2 aromatic heterocycles. The number of ether oxygens (including phenoxy) is 1. The molecule has 5 nitrogen and oxygen atoms in total. The monoisotopic (exact) mass is 454 g/mol. The van der Waals surface area contributed by atoms with Crippen LogP contribution >= 0.6 is 0 Å². The smallest absolute Gasteiger partial charge is 0.165 e. The number of benzene rings is 2. The molecule has 0 aliphatic rings. The second-order valence-electron chi connectivity index (χ2n) is 9.57. The number of carbonyl (C=O) groups is 2. The third-order valence-corrected chi connectivity index (χ3v) is 6.08. The largest absolute Gasteiger partial charge is 0.497 e. The maximum atomic E-state index is 13.2. The summed E-state index contributed by atoms with van der Waals surface area (Å²) in [4.78, 5) is 30.5. The van der Waals surface area contributed by atoms with Crippen molar-refractivity contribution >= 4 is 22.5 Å². The number of aromatic nitrogens is 2. The van der Waals surface area contributed by atoms with Crippen molar-refractivity contribution in [3.05, 3.63) is 84.2 Å². The highest BCUT2D eigenvalue weighted by molar-refractivity contribution is 6.08. The van der Waals surface area contributed by atoms with E-state index in [1.807, 2.05) is 98.4 Å². The Bertz CT molecular complexity index is 1310. The predicted molar refractivity (Wildman–Crippen MR) is 135 cm³/mol. The lowest BCUT2D eigenvalue weighted by molar-refractivity contribution is -0.126. The molecule has 0 radical (unpaired) electrons. The fourth-order valence-electron chi connectivity index (χ4n) is 3.89. The molecule has 0 N–H and O–H groups in total. The number of rotatable bonds is 8. The van der Waals surface area contributed by atoms with E-state index >= 15 is 0 Å². The molecule has 0 aliphatic heterocycles. The number of fused-ring (bicyclic) bond motifs is 1. The molecule has 0 spiro atoms. The molecule has 0 saturated carbocycles. The van der Waals surface area contributed by atoms with Gasteiger partial charge >= 0.3 is 0 Å². The number of methoxy groups -OCH3 is 1. The number of nitrogens with zero attached hydrogens (tertiary/aromatic N) is 2. The van der Waals surface area contributed by atoms with Gasteiger partial charge in [-0.25, -0.2) is 0 Å². The van der Waals surface area contributed by atoms with Crippen molar-refractivity contribution in [2.75, 3.05) is 7.11 Å². The van der Waals surface area contributed by atoms with E-state index in [9.17, 15) is 9.59 Å². The minimum absolute atomic E-state index is 0.0456. The van der Waals surface area contributed by atoms with Gasteiger partial charge in [-0.3, -0.25) is 14.6 Å². The molecule has 0 bridgehead atoms. The van der Waals surface area contributed by atoms with Gasteiger partial charge < -0.3 is 9.30 Å². The van der Waals surface area contributed by atoms with Crippen molar-refractivity contribution in [1.29, 1.82) is 0 Å². The van der Waals surface area contributed by atoms with E-state index in [4.69, 9.17) is 4.74 Å². The Balaban J connectivity index is 1.54. The molecule has 2 aromatic carbocycles. The van der Waals surface area contributed by atoms with Gasteiger partial charge in [0.1, 0.15) is 5.75 Å². The van der Waals surface area contributed by atoms with Crippen LogP contribution in [0.25, 0.3) is 22.2 Å². The second kappa shape index (κ2) is 9.64. The summed E-state index contributed by atoms with van der Waals surface area (Å²) in [6.45, 7) is 5.94. The normalized spacial score (nSPS) is 11.5. The zero-order valence-electron chi connectivity index (χ0n) is 20.2. The lowest BCUT2D eigenvalue weighted by Gasteiger charge is -2.17. The van der Waals surface area contributed by atoms with E-state index in [2.05, 4.69) is 4.98 Å². The number of hydrogen-bond acceptors (Lipinski definition) is 4. The third-order valence-electron chi connectivity index (χ3n) is 6.08. The second-order valence-corrected chi connectivity index (χ2v) is 9.57. The maximum Gasteiger partial charge on any atom is 0.165 e. The van der Waals surface area contributed by atoms with Gasteiger partial charge in [-0.2, -0.15) is 0 Å². The summed E-state index contributed by atoms with van der Waals surface area (Å²) in [5, 5.41) is 0.838. The van der Waals surface area contributed by atoms with E-state index in [0.29, 0.717) is 24.2 Å². The molecule has 0 saturated heterocycles. The van der Waals surface area contributed by atoms with Crippen LogP contribution in [-0.4, -0.2) is 28.2 Å². The Kier molecular flexibility index (Phi) is 6.64. The summed E-state index contributed by atoms with van der Waals surface area (Å²) < 4.78 is 7.25. The molecule has 0 atom stereocenters.